The summed E-state index contributed by atoms with van der Waals surface area (Å²) in [5.74, 6) is -0.0612. The van der Waals surface area contributed by atoms with Gasteiger partial charge in [0.1, 0.15) is 17.6 Å². The second kappa shape index (κ2) is 12.8. The lowest BCUT2D eigenvalue weighted by Crippen LogP contribution is -2.09. The van der Waals surface area contributed by atoms with Gasteiger partial charge in [-0.05, 0) is 103 Å². The lowest BCUT2D eigenvalue weighted by atomic mass is 9.90. The zero-order valence-corrected chi connectivity index (χ0v) is 24.2. The molecule has 0 fully saturated rings. The highest BCUT2D eigenvalue weighted by molar-refractivity contribution is 5.89. The van der Waals surface area contributed by atoms with Crippen molar-refractivity contribution in [2.75, 3.05) is 13.4 Å². The van der Waals surface area contributed by atoms with Gasteiger partial charge in [0.05, 0.1) is 6.61 Å². The maximum absolute atomic E-state index is 12.3. The molecule has 1 unspecified atom stereocenters. The van der Waals surface area contributed by atoms with Gasteiger partial charge in [0.2, 0.25) is 0 Å². The van der Waals surface area contributed by atoms with Gasteiger partial charge in [-0.1, -0.05) is 49.6 Å². The summed E-state index contributed by atoms with van der Waals surface area (Å²) in [5, 5.41) is 0. The number of benzene rings is 3. The molecule has 0 aromatic heterocycles. The molecule has 0 bridgehead atoms. The minimum Gasteiger partial charge on any atom is -0.467 e. The van der Waals surface area contributed by atoms with Crippen LogP contribution in [0.3, 0.4) is 0 Å². The average Bonchev–Trinajstić information content (AvgIpc) is 3.33. The summed E-state index contributed by atoms with van der Waals surface area (Å²) in [4.78, 5) is 24.1. The second-order valence-corrected chi connectivity index (χ2v) is 10.5. The van der Waals surface area contributed by atoms with E-state index >= 15 is 0 Å². The third-order valence-electron chi connectivity index (χ3n) is 6.88. The number of fused-ring (bicyclic) bond motifs is 1. The van der Waals surface area contributed by atoms with Crippen molar-refractivity contribution in [3.8, 4) is 33.8 Å². The summed E-state index contributed by atoms with van der Waals surface area (Å²) in [7, 11) is 0. The van der Waals surface area contributed by atoms with E-state index in [1.165, 1.54) is 11.6 Å². The molecular weight excluding hydrogens is 516 g/mol. The Hall–Kier alpha value is -4.42. The van der Waals surface area contributed by atoms with Crippen molar-refractivity contribution in [1.29, 1.82) is 0 Å². The summed E-state index contributed by atoms with van der Waals surface area (Å²) in [6, 6.07) is 16.0. The molecule has 6 heteroatoms. The number of aryl methyl sites for hydroxylation is 3. The summed E-state index contributed by atoms with van der Waals surface area (Å²) >= 11 is 0. The molecule has 3 aromatic rings. The second-order valence-electron chi connectivity index (χ2n) is 10.5. The van der Waals surface area contributed by atoms with Crippen molar-refractivity contribution in [1.82, 2.24) is 0 Å². The molecule has 0 radical (unpaired) electrons. The van der Waals surface area contributed by atoms with E-state index in [0.29, 0.717) is 23.7 Å². The summed E-state index contributed by atoms with van der Waals surface area (Å²) in [6.45, 7) is 19.0. The first-order chi connectivity index (χ1) is 19.5. The van der Waals surface area contributed by atoms with Crippen LogP contribution in [0, 0.1) is 13.8 Å². The van der Waals surface area contributed by atoms with Crippen molar-refractivity contribution in [2.45, 2.75) is 46.6 Å². The summed E-state index contributed by atoms with van der Waals surface area (Å²) in [6.07, 6.45) is 2.58. The van der Waals surface area contributed by atoms with Gasteiger partial charge in [-0.2, -0.15) is 0 Å². The van der Waals surface area contributed by atoms with Crippen molar-refractivity contribution in [3.05, 3.63) is 108 Å². The van der Waals surface area contributed by atoms with E-state index in [9.17, 15) is 9.59 Å². The highest BCUT2D eigenvalue weighted by atomic mass is 16.7. The quantitative estimate of drug-likeness (QED) is 0.0605. The molecule has 4 rings (SSSR count). The average molecular weight is 553 g/mol. The Morgan fingerprint density at radius 2 is 1.61 bits per heavy atom. The Labute approximate surface area is 241 Å². The minimum atomic E-state index is -0.511. The van der Waals surface area contributed by atoms with Gasteiger partial charge in [0.25, 0.3) is 0 Å². The van der Waals surface area contributed by atoms with Crippen LogP contribution < -0.4 is 9.47 Å². The molecule has 3 aromatic carbocycles. The third-order valence-corrected chi connectivity index (χ3v) is 6.88. The number of hydrogen-bond acceptors (Lipinski definition) is 6. The number of hydrogen-bond donors (Lipinski definition) is 0. The zero-order valence-electron chi connectivity index (χ0n) is 24.2. The SMILES string of the molecule is C=CC(=O)OC1CCc2ccc(-c3cc(C)c(-c4cc(OCOCC(=C)C)cc(OC(=O)C(=C)C)c4)cc3C)cc21. The fourth-order valence-corrected chi connectivity index (χ4v) is 4.87. The molecule has 212 valence electrons. The van der Waals surface area contributed by atoms with Crippen molar-refractivity contribution >= 4 is 11.9 Å². The number of rotatable bonds is 11. The maximum atomic E-state index is 12.3. The molecule has 0 N–H and O–H groups in total. The Morgan fingerprint density at radius 3 is 2.27 bits per heavy atom. The van der Waals surface area contributed by atoms with Crippen LogP contribution in [0.25, 0.3) is 22.3 Å². The molecule has 1 atom stereocenters. The van der Waals surface area contributed by atoms with Gasteiger partial charge in [-0.15, -0.1) is 0 Å². The third kappa shape index (κ3) is 7.21. The lowest BCUT2D eigenvalue weighted by molar-refractivity contribution is -0.143. The smallest absolute Gasteiger partial charge is 0.338 e. The van der Waals surface area contributed by atoms with Gasteiger partial charge in [-0.3, -0.25) is 0 Å². The number of ether oxygens (including phenoxy) is 4. The minimum absolute atomic E-state index is 0.0303. The molecule has 0 spiro atoms. The summed E-state index contributed by atoms with van der Waals surface area (Å²) in [5.41, 5.74) is 9.49. The highest BCUT2D eigenvalue weighted by Gasteiger charge is 2.26. The van der Waals surface area contributed by atoms with Gasteiger partial charge in [-0.25, -0.2) is 9.59 Å². The van der Waals surface area contributed by atoms with Crippen LogP contribution in [0.1, 0.15) is 48.6 Å². The van der Waals surface area contributed by atoms with E-state index in [0.717, 1.165) is 57.4 Å². The van der Waals surface area contributed by atoms with Crippen molar-refractivity contribution < 1.29 is 28.5 Å². The van der Waals surface area contributed by atoms with Crippen LogP contribution in [-0.4, -0.2) is 25.3 Å². The molecule has 0 aliphatic heterocycles. The van der Waals surface area contributed by atoms with Crippen molar-refractivity contribution in [3.63, 3.8) is 0 Å². The van der Waals surface area contributed by atoms with E-state index < -0.39 is 11.9 Å². The predicted octanol–water partition coefficient (Wildman–Crippen LogP) is 7.76. The van der Waals surface area contributed by atoms with E-state index in [2.05, 4.69) is 57.0 Å². The van der Waals surface area contributed by atoms with Crippen LogP contribution in [0.2, 0.25) is 0 Å². The van der Waals surface area contributed by atoms with Gasteiger partial charge >= 0.3 is 11.9 Å². The molecule has 0 saturated carbocycles. The van der Waals surface area contributed by atoms with Crippen LogP contribution in [0.15, 0.2) is 85.5 Å². The van der Waals surface area contributed by atoms with Crippen molar-refractivity contribution in [2.24, 2.45) is 0 Å². The van der Waals surface area contributed by atoms with Crippen LogP contribution in [0.5, 0.6) is 11.5 Å². The Balaban J connectivity index is 1.68. The lowest BCUT2D eigenvalue weighted by Gasteiger charge is -2.17. The Kier molecular flexibility index (Phi) is 9.25. The standard InChI is InChI=1S/C35H36O6/c1-8-34(36)41-33-12-11-25-9-10-26(17-32(25)33)30-13-24(7)31(14-23(30)6)27-15-28(39-20-38-19-21(2)3)18-29(16-27)40-35(37)22(4)5/h8-10,13-18,33H,1-2,4,11-12,19-20H2,3,5-7H3. The molecule has 41 heavy (non-hydrogen) atoms. The number of esters is 2. The monoisotopic (exact) mass is 552 g/mol. The maximum Gasteiger partial charge on any atom is 0.338 e. The largest absolute Gasteiger partial charge is 0.467 e. The van der Waals surface area contributed by atoms with Gasteiger partial charge < -0.3 is 18.9 Å². The van der Waals surface area contributed by atoms with E-state index in [4.69, 9.17) is 18.9 Å². The fourth-order valence-electron chi connectivity index (χ4n) is 4.87. The first-order valence-electron chi connectivity index (χ1n) is 13.5. The normalized spacial score (nSPS) is 13.7. The molecule has 0 saturated heterocycles. The highest BCUT2D eigenvalue weighted by Crippen LogP contribution is 2.40. The predicted molar refractivity (Wildman–Crippen MR) is 161 cm³/mol. The molecule has 0 heterocycles. The van der Waals surface area contributed by atoms with Crippen LogP contribution in [-0.2, 0) is 25.5 Å². The topological polar surface area (TPSA) is 71.1 Å². The molecular formula is C35H36O6. The number of carbonyl (C=O) groups is 2. The number of carbonyl (C=O) groups excluding carboxylic acids is 2. The van der Waals surface area contributed by atoms with E-state index in [1.807, 2.05) is 26.0 Å². The first kappa shape index (κ1) is 29.6. The van der Waals surface area contributed by atoms with Crippen LogP contribution in [0.4, 0.5) is 0 Å². The molecule has 6 nitrogen and oxygen atoms in total. The summed E-state index contributed by atoms with van der Waals surface area (Å²) < 4.78 is 22.5. The van der Waals surface area contributed by atoms with Crippen LogP contribution >= 0.6 is 0 Å². The van der Waals surface area contributed by atoms with Gasteiger partial charge in [0.15, 0.2) is 6.79 Å². The van der Waals surface area contributed by atoms with Gasteiger partial charge in [0, 0.05) is 17.7 Å². The Morgan fingerprint density at radius 1 is 0.927 bits per heavy atom. The first-order valence-corrected chi connectivity index (χ1v) is 13.5. The zero-order chi connectivity index (χ0) is 29.7. The molecule has 1 aliphatic carbocycles. The fraction of sp³-hybridized carbons (Fsp3) is 0.257. The molecule has 0 amide bonds. The molecule has 1 aliphatic rings. The van der Waals surface area contributed by atoms with E-state index in [-0.39, 0.29) is 12.9 Å². The van der Waals surface area contributed by atoms with E-state index in [1.54, 1.807) is 13.0 Å². The Bertz CT molecular complexity index is 1530.